The number of furan rings is 1. The number of H-pyrrole nitrogens is 1. The van der Waals surface area contributed by atoms with Gasteiger partial charge in [-0.25, -0.2) is 9.78 Å². The van der Waals surface area contributed by atoms with Gasteiger partial charge in [-0.15, -0.1) is 11.3 Å². The number of aromatic nitrogens is 2. The quantitative estimate of drug-likeness (QED) is 0.704. The summed E-state index contributed by atoms with van der Waals surface area (Å²) in [6, 6.07) is 1.57. The molecule has 1 aliphatic rings. The van der Waals surface area contributed by atoms with Crippen LogP contribution in [0.3, 0.4) is 0 Å². The first-order chi connectivity index (χ1) is 12.4. The molecule has 0 amide bonds. The van der Waals surface area contributed by atoms with E-state index in [1.165, 1.54) is 11.1 Å². The van der Waals surface area contributed by atoms with Crippen molar-refractivity contribution < 1.29 is 13.9 Å². The molecule has 2 atom stereocenters. The van der Waals surface area contributed by atoms with Crippen LogP contribution in [-0.2, 0) is 17.6 Å². The third-order valence-electron chi connectivity index (χ3n) is 4.93. The molecule has 3 aromatic rings. The summed E-state index contributed by atoms with van der Waals surface area (Å²) in [5.41, 5.74) is 1.36. The van der Waals surface area contributed by atoms with Crippen molar-refractivity contribution in [1.29, 1.82) is 0 Å². The standard InChI is InChI=1S/C19H20N2O4S/c1-9-4-5-13-14(8-9)26-18-15(13)17(22)20-16(21-18)11(3)25-19(23)12-6-7-24-10(12)2/h6-7,9,11H,4-5,8H2,1-3H3,(H,20,21,22)/t9-,11+/m1/s1. The van der Waals surface area contributed by atoms with E-state index in [1.807, 2.05) is 0 Å². The van der Waals surface area contributed by atoms with Crippen LogP contribution in [0.15, 0.2) is 21.5 Å². The number of hydrogen-bond acceptors (Lipinski definition) is 6. The molecule has 6 nitrogen and oxygen atoms in total. The van der Waals surface area contributed by atoms with E-state index in [2.05, 4.69) is 16.9 Å². The zero-order chi connectivity index (χ0) is 18.4. The van der Waals surface area contributed by atoms with E-state index < -0.39 is 12.1 Å². The van der Waals surface area contributed by atoms with E-state index in [0.717, 1.165) is 29.7 Å². The minimum Gasteiger partial charge on any atom is -0.469 e. The first-order valence-electron chi connectivity index (χ1n) is 8.73. The minimum atomic E-state index is -0.660. The van der Waals surface area contributed by atoms with Crippen LogP contribution in [0.1, 0.15) is 58.8 Å². The fourth-order valence-corrected chi connectivity index (χ4v) is 4.83. The van der Waals surface area contributed by atoms with Gasteiger partial charge in [0.05, 0.1) is 11.6 Å². The third-order valence-corrected chi connectivity index (χ3v) is 6.08. The molecule has 0 saturated carbocycles. The molecule has 0 unspecified atom stereocenters. The van der Waals surface area contributed by atoms with E-state index in [9.17, 15) is 9.59 Å². The highest BCUT2D eigenvalue weighted by Crippen LogP contribution is 2.36. The largest absolute Gasteiger partial charge is 0.469 e. The molecule has 0 bridgehead atoms. The molecule has 26 heavy (non-hydrogen) atoms. The van der Waals surface area contributed by atoms with Crippen LogP contribution in [-0.4, -0.2) is 15.9 Å². The molecule has 0 aliphatic heterocycles. The number of fused-ring (bicyclic) bond motifs is 3. The Balaban J connectivity index is 1.66. The van der Waals surface area contributed by atoms with Crippen LogP contribution in [0, 0.1) is 12.8 Å². The zero-order valence-electron chi connectivity index (χ0n) is 14.9. The van der Waals surface area contributed by atoms with E-state index >= 15 is 0 Å². The van der Waals surface area contributed by atoms with Crippen LogP contribution in [0.4, 0.5) is 0 Å². The normalized spacial score (nSPS) is 17.9. The Morgan fingerprint density at radius 1 is 1.50 bits per heavy atom. The van der Waals surface area contributed by atoms with Crippen molar-refractivity contribution in [3.05, 3.63) is 50.3 Å². The lowest BCUT2D eigenvalue weighted by Crippen LogP contribution is -2.18. The summed E-state index contributed by atoms with van der Waals surface area (Å²) < 4.78 is 10.6. The smallest absolute Gasteiger partial charge is 0.342 e. The Hall–Kier alpha value is -2.41. The first kappa shape index (κ1) is 17.0. The maximum absolute atomic E-state index is 12.6. The molecule has 0 spiro atoms. The molecule has 136 valence electrons. The number of rotatable bonds is 3. The summed E-state index contributed by atoms with van der Waals surface area (Å²) in [5, 5.41) is 0.699. The number of hydrogen-bond donors (Lipinski definition) is 1. The van der Waals surface area contributed by atoms with Crippen molar-refractivity contribution in [2.45, 2.75) is 46.1 Å². The monoisotopic (exact) mass is 372 g/mol. The Labute approximate surface area is 154 Å². The average molecular weight is 372 g/mol. The molecule has 1 N–H and O–H groups in total. The van der Waals surface area contributed by atoms with Crippen molar-refractivity contribution in [2.75, 3.05) is 0 Å². The first-order valence-corrected chi connectivity index (χ1v) is 9.55. The van der Waals surface area contributed by atoms with Gasteiger partial charge in [-0.2, -0.15) is 0 Å². The second-order valence-corrected chi connectivity index (χ2v) is 8.00. The second-order valence-electron chi connectivity index (χ2n) is 6.92. The molecule has 3 aromatic heterocycles. The van der Waals surface area contributed by atoms with Crippen LogP contribution >= 0.6 is 11.3 Å². The average Bonchev–Trinajstić information content (AvgIpc) is 3.17. The van der Waals surface area contributed by atoms with Crippen molar-refractivity contribution in [2.24, 2.45) is 5.92 Å². The van der Waals surface area contributed by atoms with Crippen molar-refractivity contribution in [3.63, 3.8) is 0 Å². The summed E-state index contributed by atoms with van der Waals surface area (Å²) in [6.45, 7) is 5.63. The summed E-state index contributed by atoms with van der Waals surface area (Å²) in [7, 11) is 0. The number of esters is 1. The molecule has 1 aliphatic carbocycles. The van der Waals surface area contributed by atoms with E-state index in [1.54, 1.807) is 31.3 Å². The number of nitrogens with one attached hydrogen (secondary N) is 1. The van der Waals surface area contributed by atoms with Crippen LogP contribution in [0.25, 0.3) is 10.2 Å². The third kappa shape index (κ3) is 2.86. The lowest BCUT2D eigenvalue weighted by atomic mass is 9.89. The van der Waals surface area contributed by atoms with E-state index in [0.29, 0.717) is 28.5 Å². The van der Waals surface area contributed by atoms with Crippen molar-refractivity contribution in [3.8, 4) is 0 Å². The maximum Gasteiger partial charge on any atom is 0.342 e. The molecule has 0 fully saturated rings. The number of aromatic amines is 1. The molecule has 3 heterocycles. The zero-order valence-corrected chi connectivity index (χ0v) is 15.7. The second kappa shape index (κ2) is 6.39. The summed E-state index contributed by atoms with van der Waals surface area (Å²) >= 11 is 1.58. The van der Waals surface area contributed by atoms with Gasteiger partial charge in [-0.05, 0) is 50.7 Å². The number of nitrogens with zero attached hydrogens (tertiary/aromatic N) is 1. The maximum atomic E-state index is 12.6. The van der Waals surface area contributed by atoms with Crippen LogP contribution in [0.2, 0.25) is 0 Å². The highest BCUT2D eigenvalue weighted by atomic mass is 32.1. The van der Waals surface area contributed by atoms with Gasteiger partial charge >= 0.3 is 5.97 Å². The molecule has 7 heteroatoms. The molecule has 0 aromatic carbocycles. The van der Waals surface area contributed by atoms with Gasteiger partial charge in [0.25, 0.3) is 5.56 Å². The van der Waals surface area contributed by atoms with Gasteiger partial charge in [0, 0.05) is 4.88 Å². The number of carbonyl (C=O) groups is 1. The number of aryl methyl sites for hydroxylation is 2. The number of ether oxygens (including phenoxy) is 1. The summed E-state index contributed by atoms with van der Waals surface area (Å²) in [4.78, 5) is 34.3. The lowest BCUT2D eigenvalue weighted by molar-refractivity contribution is 0.0318. The molecule has 4 rings (SSSR count). The summed E-state index contributed by atoms with van der Waals surface area (Å²) in [6.07, 6.45) is 3.80. The lowest BCUT2D eigenvalue weighted by Gasteiger charge is -2.17. The topological polar surface area (TPSA) is 85.2 Å². The minimum absolute atomic E-state index is 0.153. The van der Waals surface area contributed by atoms with Crippen LogP contribution < -0.4 is 5.56 Å². The van der Waals surface area contributed by atoms with Gasteiger partial charge in [-0.1, -0.05) is 6.92 Å². The number of carbonyl (C=O) groups excluding carboxylic acids is 1. The fourth-order valence-electron chi connectivity index (χ4n) is 3.43. The van der Waals surface area contributed by atoms with Crippen molar-refractivity contribution in [1.82, 2.24) is 9.97 Å². The summed E-state index contributed by atoms with van der Waals surface area (Å²) in [5.74, 6) is 1.00. The van der Waals surface area contributed by atoms with Gasteiger partial charge in [0.2, 0.25) is 0 Å². The molecular weight excluding hydrogens is 352 g/mol. The SMILES string of the molecule is Cc1occc1C(=O)O[C@@H](C)c1nc2sc3c(c2c(=O)[nH]1)CC[C@@H](C)C3. The van der Waals surface area contributed by atoms with Crippen LogP contribution in [0.5, 0.6) is 0 Å². The van der Waals surface area contributed by atoms with E-state index in [4.69, 9.17) is 9.15 Å². The Morgan fingerprint density at radius 2 is 2.31 bits per heavy atom. The van der Waals surface area contributed by atoms with Gasteiger partial charge in [0.1, 0.15) is 16.2 Å². The van der Waals surface area contributed by atoms with Gasteiger partial charge in [-0.3, -0.25) is 4.79 Å². The molecule has 0 radical (unpaired) electrons. The molecule has 0 saturated heterocycles. The highest BCUT2D eigenvalue weighted by Gasteiger charge is 2.25. The predicted octanol–water partition coefficient (Wildman–Crippen LogP) is 3.93. The van der Waals surface area contributed by atoms with Gasteiger partial charge in [0.15, 0.2) is 11.9 Å². The highest BCUT2D eigenvalue weighted by molar-refractivity contribution is 7.18. The Morgan fingerprint density at radius 3 is 3.04 bits per heavy atom. The molecular formula is C19H20N2O4S. The number of thiophene rings is 1. The van der Waals surface area contributed by atoms with Gasteiger partial charge < -0.3 is 14.1 Å². The van der Waals surface area contributed by atoms with E-state index in [-0.39, 0.29) is 5.56 Å². The Kier molecular flexibility index (Phi) is 4.19. The predicted molar refractivity (Wildman–Crippen MR) is 98.7 cm³/mol. The Bertz CT molecular complexity index is 1050. The van der Waals surface area contributed by atoms with Crippen molar-refractivity contribution >= 4 is 27.5 Å². The fraction of sp³-hybridized carbons (Fsp3) is 0.421.